The topological polar surface area (TPSA) is 158 Å². The Labute approximate surface area is 783 Å². The number of nitrogen functional groups attached to an aromatic ring is 2. The predicted molar refractivity (Wildman–Crippen MR) is 543 cm³/mol. The Morgan fingerprint density at radius 2 is 0.535 bits per heavy atom. The van der Waals surface area contributed by atoms with Crippen molar-refractivity contribution >= 4 is 23.0 Å². The van der Waals surface area contributed by atoms with Crippen LogP contribution in [0.15, 0.2) is 249 Å². The molecule has 13 heteroatoms. The van der Waals surface area contributed by atoms with Gasteiger partial charge >= 0.3 is 0 Å². The van der Waals surface area contributed by atoms with Gasteiger partial charge in [0.2, 0.25) is 0 Å². The van der Waals surface area contributed by atoms with Gasteiger partial charge in [-0.3, -0.25) is 0 Å². The van der Waals surface area contributed by atoms with E-state index in [1.807, 2.05) is 54.6 Å². The molecule has 0 saturated heterocycles. The van der Waals surface area contributed by atoms with Gasteiger partial charge in [0.15, 0.2) is 0 Å². The molecular weight excluding hydrogens is 1610 g/mol. The van der Waals surface area contributed by atoms with Gasteiger partial charge in [-0.2, -0.15) is 0 Å². The first-order valence-electron chi connectivity index (χ1n) is 49.3. The van der Waals surface area contributed by atoms with Crippen LogP contribution in [0.4, 0.5) is 11.4 Å². The van der Waals surface area contributed by atoms with Crippen molar-refractivity contribution in [1.29, 1.82) is 0 Å². The van der Waals surface area contributed by atoms with Crippen molar-refractivity contribution in [1.82, 2.24) is 26.6 Å². The SMILES string of the molecule is Cc1cccc(CNCC(C)[C@H]2CCC[C@@H](Oc3cccc(C)c3)C2)c1.Cc1cccc(O[C@@H]2CCC[C@H](C(C)CNCc3cccc(N)c3)C2)c1.Cc1cccc(O[C@@H]2CCC[C@H](C(C)CNCc3ccccc3)C2)c1.Cc1cccc(O[C@@H]2CCC[C@H](C(C)CNCc3ccccc3Cl)C2)c1.Cc1cccc(O[C@@H]2CCC[C@H](C(C)CNCc3ccccc3N)C2)c1. The number of benzene rings is 10. The lowest BCUT2D eigenvalue weighted by Crippen LogP contribution is -2.33. The average molecular weight is 1770 g/mol. The molecule has 5 aliphatic rings. The zero-order valence-electron chi connectivity index (χ0n) is 80.1. The van der Waals surface area contributed by atoms with Gasteiger partial charge in [0.05, 0.1) is 30.5 Å². The fourth-order valence-electron chi connectivity index (χ4n) is 19.9. The number of ether oxygens (including phenoxy) is 5. The van der Waals surface area contributed by atoms with Gasteiger partial charge in [-0.15, -0.1) is 0 Å². The summed E-state index contributed by atoms with van der Waals surface area (Å²) in [4.78, 5) is 0. The smallest absolute Gasteiger partial charge is 0.119 e. The van der Waals surface area contributed by atoms with E-state index >= 15 is 0 Å². The normalized spacial score (nSPS) is 21.4. The van der Waals surface area contributed by atoms with Crippen LogP contribution < -0.4 is 61.7 Å². The number of aryl methyl sites for hydroxylation is 6. The predicted octanol–water partition coefficient (Wildman–Crippen LogP) is 26.9. The molecule has 0 bridgehead atoms. The van der Waals surface area contributed by atoms with Crippen LogP contribution in [0.25, 0.3) is 0 Å². The molecule has 9 N–H and O–H groups in total. The second kappa shape index (κ2) is 54.6. The first-order valence-corrected chi connectivity index (χ1v) is 49.7. The molecule has 0 spiro atoms. The molecule has 10 aromatic rings. The Bertz CT molecular complexity index is 4590. The maximum atomic E-state index is 6.28. The summed E-state index contributed by atoms with van der Waals surface area (Å²) in [6.45, 7) is 34.3. The van der Waals surface area contributed by atoms with Crippen LogP contribution in [0.3, 0.4) is 0 Å². The number of hydrogen-bond donors (Lipinski definition) is 7. The number of para-hydroxylation sites is 1. The molecule has 10 aromatic carbocycles. The molecule has 0 amide bonds. The first-order chi connectivity index (χ1) is 62.6. The van der Waals surface area contributed by atoms with Crippen molar-refractivity contribution in [2.24, 2.45) is 59.2 Å². The molecule has 5 unspecified atom stereocenters. The van der Waals surface area contributed by atoms with E-state index < -0.39 is 0 Å². The minimum Gasteiger partial charge on any atom is -0.490 e. The van der Waals surface area contributed by atoms with E-state index in [0.29, 0.717) is 60.1 Å². The average Bonchev–Trinajstić information content (AvgIpc) is 0.876. The second-order valence-electron chi connectivity index (χ2n) is 39.0. The molecule has 129 heavy (non-hydrogen) atoms. The highest BCUT2D eigenvalue weighted by atomic mass is 35.5. The summed E-state index contributed by atoms with van der Waals surface area (Å²) in [5, 5.41) is 18.9. The summed E-state index contributed by atoms with van der Waals surface area (Å²) in [6.07, 6.45) is 26.5. The molecule has 5 saturated carbocycles. The minimum absolute atomic E-state index is 0.349. The van der Waals surface area contributed by atoms with Crippen molar-refractivity contribution in [3.05, 3.63) is 315 Å². The quantitative estimate of drug-likeness (QED) is 0.0189. The Kier molecular flexibility index (Phi) is 42.5. The third-order valence-electron chi connectivity index (χ3n) is 27.7. The third kappa shape index (κ3) is 36.5. The van der Waals surface area contributed by atoms with Crippen LogP contribution in [0, 0.1) is 101 Å². The van der Waals surface area contributed by atoms with Crippen LogP contribution in [-0.2, 0) is 32.7 Å². The summed E-state index contributed by atoms with van der Waals surface area (Å²) in [5.74, 6) is 12.1. The lowest BCUT2D eigenvalue weighted by atomic mass is 9.79. The molecule has 694 valence electrons. The van der Waals surface area contributed by atoms with Crippen molar-refractivity contribution in [3.8, 4) is 28.7 Å². The Balaban J connectivity index is 0.000000156. The highest BCUT2D eigenvalue weighted by Crippen LogP contribution is 2.39. The van der Waals surface area contributed by atoms with E-state index in [9.17, 15) is 0 Å². The largest absolute Gasteiger partial charge is 0.490 e. The number of nitrogens with two attached hydrogens (primary N) is 2. The van der Waals surface area contributed by atoms with Gasteiger partial charge in [-0.25, -0.2) is 0 Å². The van der Waals surface area contributed by atoms with Crippen molar-refractivity contribution < 1.29 is 23.7 Å². The maximum Gasteiger partial charge on any atom is 0.119 e. The molecule has 5 fully saturated rings. The molecule has 0 aliphatic heterocycles. The van der Waals surface area contributed by atoms with Gasteiger partial charge < -0.3 is 61.7 Å². The van der Waals surface area contributed by atoms with E-state index in [-0.39, 0.29) is 0 Å². The summed E-state index contributed by atoms with van der Waals surface area (Å²) >= 11 is 6.24. The maximum absolute atomic E-state index is 6.28. The van der Waals surface area contributed by atoms with E-state index in [4.69, 9.17) is 46.8 Å². The molecule has 0 radical (unpaired) electrons. The summed E-state index contributed by atoms with van der Waals surface area (Å²) < 4.78 is 31.4. The second-order valence-corrected chi connectivity index (χ2v) is 39.4. The van der Waals surface area contributed by atoms with Crippen LogP contribution >= 0.6 is 11.6 Å². The van der Waals surface area contributed by atoms with Crippen LogP contribution in [0.5, 0.6) is 28.7 Å². The Morgan fingerprint density at radius 3 is 0.853 bits per heavy atom. The molecule has 0 aromatic heterocycles. The van der Waals surface area contributed by atoms with Crippen LogP contribution in [0.1, 0.15) is 224 Å². The number of halogens is 1. The number of hydrogen-bond acceptors (Lipinski definition) is 12. The number of nitrogens with one attached hydrogen (secondary N) is 5. The van der Waals surface area contributed by atoms with E-state index in [1.54, 1.807) is 0 Å². The summed E-state index contributed by atoms with van der Waals surface area (Å²) in [5.41, 5.74) is 27.6. The van der Waals surface area contributed by atoms with Crippen LogP contribution in [0.2, 0.25) is 5.02 Å². The summed E-state index contributed by atoms with van der Waals surface area (Å²) in [7, 11) is 0. The lowest BCUT2D eigenvalue weighted by Gasteiger charge is -2.33. The van der Waals surface area contributed by atoms with Gasteiger partial charge in [0, 0.05) is 49.1 Å². The molecule has 15 rings (SSSR count). The van der Waals surface area contributed by atoms with Crippen molar-refractivity contribution in [3.63, 3.8) is 0 Å². The zero-order chi connectivity index (χ0) is 90.9. The monoisotopic (exact) mass is 1760 g/mol. The molecule has 12 nitrogen and oxygen atoms in total. The standard InChI is InChI=1S/C24H33NO.C23H30ClNO.2C23H32N2O.C23H31NO/c1-18-7-4-9-21(13-18)17-25-16-20(3)22-10-6-12-24(15-22)26-23-11-5-8-19(2)14-23;1-17-7-5-10-21(13-17)26-22-11-6-9-19(14-22)18(2)15-25-16-20-8-3-4-12-23(20)24;1-17-6-3-10-22(12-17)26-23-11-5-8-20(14-23)18(2)15-25-16-19-7-4-9-21(24)13-19;1-17-7-5-10-21(13-17)26-22-11-6-9-19(14-22)18(2)15-25-16-20-8-3-4-12-23(20)24;1-18-8-6-12-22(14-18)25-23-13-7-11-21(15-23)19(2)16-24-17-20-9-4-3-5-10-20/h4-5,7-9,11,13-14,20,22,24-25H,6,10,12,15-17H2,1-3H3;3-5,7-8,10,12-13,18-19,22,25H,6,9,11,14-16H2,1-2H3;3-4,6-7,9-10,12-13,18,20,23,25H,5,8,11,14-16,24H2,1-2H3;3-5,7-8,10,12-13,18-19,22,25H,6,9,11,14-16,24H2,1-2H3;3-6,8-10,12,14,19,21,23-24H,7,11,13,15-17H2,1-2H3/t20?,22-,24+;18?,19-,22+;18?,20-,23+;18?,19-,22+;19?,21-,23+/m00000/s1. The highest BCUT2D eigenvalue weighted by Gasteiger charge is 2.33. The van der Waals surface area contributed by atoms with E-state index in [1.165, 1.54) is 170 Å². The first kappa shape index (κ1) is 100. The van der Waals surface area contributed by atoms with Crippen molar-refractivity contribution in [2.75, 3.05) is 44.2 Å². The van der Waals surface area contributed by atoms with E-state index in [2.05, 4.69) is 297 Å². The molecule has 0 heterocycles. The number of rotatable bonds is 35. The van der Waals surface area contributed by atoms with Gasteiger partial charge in [-0.05, 0) is 402 Å². The zero-order valence-corrected chi connectivity index (χ0v) is 80.9. The fourth-order valence-corrected chi connectivity index (χ4v) is 20.1. The van der Waals surface area contributed by atoms with Gasteiger partial charge in [-0.1, -0.05) is 216 Å². The van der Waals surface area contributed by atoms with Crippen molar-refractivity contribution in [2.45, 2.75) is 268 Å². The van der Waals surface area contributed by atoms with Crippen LogP contribution in [-0.4, -0.2) is 63.2 Å². The molecule has 15 atom stereocenters. The van der Waals surface area contributed by atoms with E-state index in [0.717, 1.165) is 159 Å². The Morgan fingerprint density at radius 1 is 0.271 bits per heavy atom. The highest BCUT2D eigenvalue weighted by molar-refractivity contribution is 6.31. The van der Waals surface area contributed by atoms with Gasteiger partial charge in [0.1, 0.15) is 28.7 Å². The summed E-state index contributed by atoms with van der Waals surface area (Å²) in [6, 6.07) is 85.8. The molecule has 5 aliphatic carbocycles. The Hall–Kier alpha value is -9.11. The lowest BCUT2D eigenvalue weighted by molar-refractivity contribution is 0.102. The third-order valence-corrected chi connectivity index (χ3v) is 28.0. The minimum atomic E-state index is 0.349. The number of anilines is 2. The van der Waals surface area contributed by atoms with Gasteiger partial charge in [0.25, 0.3) is 0 Å². The fraction of sp³-hybridized carbons (Fsp3) is 0.483. The molecular formula is C116H158ClN7O5.